The lowest BCUT2D eigenvalue weighted by Gasteiger charge is -2.10. The fourth-order valence-electron chi connectivity index (χ4n) is 1.41. The van der Waals surface area contributed by atoms with Crippen molar-refractivity contribution in [3.63, 3.8) is 0 Å². The molecular weight excluding hydrogens is 270 g/mol. The van der Waals surface area contributed by atoms with Gasteiger partial charge < -0.3 is 4.42 Å². The zero-order chi connectivity index (χ0) is 11.9. The standard InChI is InChI=1S/C11H7Cl3O2/c1-6-2-3-9-7(4-6)8(15)5-10(16-9)11(12,13)14/h2-5H,1H3. The third-order valence-electron chi connectivity index (χ3n) is 2.16. The summed E-state index contributed by atoms with van der Waals surface area (Å²) in [5.41, 5.74) is 1.17. The molecule has 0 spiro atoms. The molecule has 1 heterocycles. The zero-order valence-corrected chi connectivity index (χ0v) is 10.5. The van der Waals surface area contributed by atoms with Crippen molar-refractivity contribution in [2.24, 2.45) is 0 Å². The molecule has 0 aliphatic carbocycles. The third-order valence-corrected chi connectivity index (χ3v) is 2.72. The number of rotatable bonds is 0. The van der Waals surface area contributed by atoms with E-state index in [2.05, 4.69) is 0 Å². The van der Waals surface area contributed by atoms with Crippen LogP contribution in [0.5, 0.6) is 0 Å². The zero-order valence-electron chi connectivity index (χ0n) is 8.26. The van der Waals surface area contributed by atoms with Crippen LogP contribution in [0.3, 0.4) is 0 Å². The van der Waals surface area contributed by atoms with Gasteiger partial charge in [-0.15, -0.1) is 0 Å². The Morgan fingerprint density at radius 3 is 2.50 bits per heavy atom. The number of alkyl halides is 3. The van der Waals surface area contributed by atoms with Gasteiger partial charge in [-0.3, -0.25) is 4.79 Å². The number of hydrogen-bond donors (Lipinski definition) is 0. The fraction of sp³-hybridized carbons (Fsp3) is 0.182. The van der Waals surface area contributed by atoms with E-state index in [1.165, 1.54) is 6.07 Å². The number of benzene rings is 1. The maximum Gasteiger partial charge on any atom is 0.248 e. The van der Waals surface area contributed by atoms with Gasteiger partial charge in [-0.2, -0.15) is 0 Å². The molecule has 2 rings (SSSR count). The first-order valence-electron chi connectivity index (χ1n) is 4.49. The lowest BCUT2D eigenvalue weighted by Crippen LogP contribution is -2.08. The molecule has 0 aliphatic heterocycles. The molecule has 16 heavy (non-hydrogen) atoms. The van der Waals surface area contributed by atoms with Crippen molar-refractivity contribution < 1.29 is 4.42 Å². The van der Waals surface area contributed by atoms with E-state index in [9.17, 15) is 4.79 Å². The molecule has 1 aromatic heterocycles. The molecule has 0 atom stereocenters. The number of hydrogen-bond acceptors (Lipinski definition) is 2. The maximum absolute atomic E-state index is 11.8. The summed E-state index contributed by atoms with van der Waals surface area (Å²) in [6, 6.07) is 6.46. The van der Waals surface area contributed by atoms with Crippen LogP contribution in [0.15, 0.2) is 33.5 Å². The van der Waals surface area contributed by atoms with E-state index >= 15 is 0 Å². The van der Waals surface area contributed by atoms with Crippen LogP contribution in [0.2, 0.25) is 0 Å². The number of fused-ring (bicyclic) bond motifs is 1. The first kappa shape index (κ1) is 11.8. The average Bonchev–Trinajstić information content (AvgIpc) is 2.17. The second kappa shape index (κ2) is 3.95. The summed E-state index contributed by atoms with van der Waals surface area (Å²) in [5, 5.41) is 0.484. The van der Waals surface area contributed by atoms with Crippen molar-refractivity contribution in [3.05, 3.63) is 45.8 Å². The van der Waals surface area contributed by atoms with Crippen LogP contribution in [0.25, 0.3) is 11.0 Å². The summed E-state index contributed by atoms with van der Waals surface area (Å²) in [6.45, 7) is 1.89. The van der Waals surface area contributed by atoms with Gasteiger partial charge in [-0.05, 0) is 19.1 Å². The first-order chi connectivity index (χ1) is 7.38. The second-order valence-corrected chi connectivity index (χ2v) is 5.75. The molecule has 0 unspecified atom stereocenters. The van der Waals surface area contributed by atoms with E-state index in [0.29, 0.717) is 11.0 Å². The Morgan fingerprint density at radius 1 is 1.19 bits per heavy atom. The highest BCUT2D eigenvalue weighted by molar-refractivity contribution is 6.66. The molecule has 0 radical (unpaired) electrons. The van der Waals surface area contributed by atoms with E-state index in [0.717, 1.165) is 5.56 Å². The Balaban J connectivity index is 2.79. The molecule has 0 aliphatic rings. The van der Waals surface area contributed by atoms with Gasteiger partial charge in [0.2, 0.25) is 3.79 Å². The Morgan fingerprint density at radius 2 is 1.88 bits per heavy atom. The second-order valence-electron chi connectivity index (χ2n) is 3.47. The minimum Gasteiger partial charge on any atom is -0.456 e. The van der Waals surface area contributed by atoms with Crippen molar-refractivity contribution in [3.8, 4) is 0 Å². The van der Waals surface area contributed by atoms with Crippen molar-refractivity contribution in [2.45, 2.75) is 10.7 Å². The molecule has 0 bridgehead atoms. The van der Waals surface area contributed by atoms with Gasteiger partial charge in [0.25, 0.3) is 0 Å². The van der Waals surface area contributed by atoms with Gasteiger partial charge in [-0.25, -0.2) is 0 Å². The van der Waals surface area contributed by atoms with Gasteiger partial charge in [0.15, 0.2) is 11.2 Å². The molecule has 2 aromatic rings. The monoisotopic (exact) mass is 276 g/mol. The topological polar surface area (TPSA) is 30.2 Å². The highest BCUT2D eigenvalue weighted by Gasteiger charge is 2.27. The average molecular weight is 278 g/mol. The number of halogens is 3. The predicted molar refractivity (Wildman–Crippen MR) is 66.5 cm³/mol. The van der Waals surface area contributed by atoms with Crippen LogP contribution < -0.4 is 5.43 Å². The number of aryl methyl sites for hydroxylation is 1. The maximum atomic E-state index is 11.8. The van der Waals surface area contributed by atoms with E-state index in [4.69, 9.17) is 39.2 Å². The Bertz CT molecular complexity index is 596. The van der Waals surface area contributed by atoms with Crippen LogP contribution in [0.4, 0.5) is 0 Å². The summed E-state index contributed by atoms with van der Waals surface area (Å²) < 4.78 is 3.64. The van der Waals surface area contributed by atoms with Crippen LogP contribution in [-0.2, 0) is 3.79 Å². The van der Waals surface area contributed by atoms with Gasteiger partial charge in [-0.1, -0.05) is 46.4 Å². The van der Waals surface area contributed by atoms with Crippen LogP contribution >= 0.6 is 34.8 Å². The Hall–Kier alpha value is -0.700. The smallest absolute Gasteiger partial charge is 0.248 e. The summed E-state index contributed by atoms with van der Waals surface area (Å²) in [7, 11) is 0. The lowest BCUT2D eigenvalue weighted by atomic mass is 10.1. The van der Waals surface area contributed by atoms with Crippen LogP contribution in [0, 0.1) is 6.92 Å². The SMILES string of the molecule is Cc1ccc2oc(C(Cl)(Cl)Cl)cc(=O)c2c1. The molecular formula is C11H7Cl3O2. The molecule has 0 saturated carbocycles. The Labute approximate surface area is 107 Å². The van der Waals surface area contributed by atoms with Crippen molar-refractivity contribution in [1.29, 1.82) is 0 Å². The summed E-state index contributed by atoms with van der Waals surface area (Å²) in [5.74, 6) is 0.0267. The largest absolute Gasteiger partial charge is 0.456 e. The van der Waals surface area contributed by atoms with Crippen LogP contribution in [0.1, 0.15) is 11.3 Å². The summed E-state index contributed by atoms with van der Waals surface area (Å²) in [6.07, 6.45) is 0. The van der Waals surface area contributed by atoms with Gasteiger partial charge in [0.05, 0.1) is 5.39 Å². The van der Waals surface area contributed by atoms with Gasteiger partial charge in [0, 0.05) is 6.07 Å². The van der Waals surface area contributed by atoms with Crippen LogP contribution in [-0.4, -0.2) is 0 Å². The molecule has 0 saturated heterocycles. The third kappa shape index (κ3) is 2.19. The minimum absolute atomic E-state index is 0.0267. The van der Waals surface area contributed by atoms with Crippen molar-refractivity contribution in [2.75, 3.05) is 0 Å². The minimum atomic E-state index is -1.72. The Kier molecular flexibility index (Phi) is 2.91. The van der Waals surface area contributed by atoms with Gasteiger partial charge >= 0.3 is 0 Å². The van der Waals surface area contributed by atoms with Crippen molar-refractivity contribution in [1.82, 2.24) is 0 Å². The summed E-state index contributed by atoms with van der Waals surface area (Å²) >= 11 is 17.0. The van der Waals surface area contributed by atoms with Crippen molar-refractivity contribution >= 4 is 45.8 Å². The highest BCUT2D eigenvalue weighted by atomic mass is 35.6. The van der Waals surface area contributed by atoms with E-state index < -0.39 is 3.79 Å². The molecule has 0 N–H and O–H groups in total. The molecule has 0 fully saturated rings. The lowest BCUT2D eigenvalue weighted by molar-refractivity contribution is 0.545. The predicted octanol–water partition coefficient (Wildman–Crippen LogP) is 3.93. The van der Waals surface area contributed by atoms with E-state index in [1.807, 2.05) is 13.0 Å². The first-order valence-corrected chi connectivity index (χ1v) is 5.63. The quantitative estimate of drug-likeness (QED) is 0.683. The van der Waals surface area contributed by atoms with Gasteiger partial charge in [0.1, 0.15) is 5.58 Å². The summed E-state index contributed by atoms with van der Waals surface area (Å²) in [4.78, 5) is 11.8. The highest BCUT2D eigenvalue weighted by Crippen LogP contribution is 2.38. The molecule has 5 heteroatoms. The molecule has 1 aromatic carbocycles. The molecule has 2 nitrogen and oxygen atoms in total. The van der Waals surface area contributed by atoms with E-state index in [1.54, 1.807) is 12.1 Å². The molecule has 84 valence electrons. The fourth-order valence-corrected chi connectivity index (χ4v) is 1.69. The van der Waals surface area contributed by atoms with E-state index in [-0.39, 0.29) is 11.2 Å². The molecule has 0 amide bonds. The normalized spacial score (nSPS) is 12.0.